The van der Waals surface area contributed by atoms with Gasteiger partial charge in [0, 0.05) is 37.2 Å². The van der Waals surface area contributed by atoms with Gasteiger partial charge in [0.2, 0.25) is 0 Å². The summed E-state index contributed by atoms with van der Waals surface area (Å²) in [6.07, 6.45) is 11.8. The van der Waals surface area contributed by atoms with Crippen molar-refractivity contribution in [2.75, 3.05) is 0 Å². The molecule has 0 N–H and O–H groups in total. The predicted molar refractivity (Wildman–Crippen MR) is 466 cm³/mol. The summed E-state index contributed by atoms with van der Waals surface area (Å²) in [5.41, 5.74) is 20.1. The van der Waals surface area contributed by atoms with Crippen molar-refractivity contribution in [3.8, 4) is 67.5 Å². The van der Waals surface area contributed by atoms with Gasteiger partial charge in [0.1, 0.15) is 0 Å². The molecule has 0 fully saturated rings. The zero-order valence-electron chi connectivity index (χ0n) is 66.0. The molecule has 18 aromatic rings. The van der Waals surface area contributed by atoms with Gasteiger partial charge in [0.15, 0.2) is 0 Å². The molecule has 0 aliphatic rings. The Balaban J connectivity index is 0.000000134. The molecule has 0 radical (unpaired) electrons. The monoisotopic (exact) mass is 1820 g/mol. The Labute approximate surface area is 694 Å². The fraction of sp³-hybridized carbons (Fsp3) is 0.143. The fourth-order valence-electron chi connectivity index (χ4n) is 13.9. The quantitative estimate of drug-likeness (QED) is 0.154. The van der Waals surface area contributed by atoms with Crippen LogP contribution in [0.5, 0.6) is 0 Å². The van der Waals surface area contributed by atoms with E-state index in [1.54, 1.807) is 0 Å². The van der Waals surface area contributed by atoms with Crippen LogP contribution in [0.4, 0.5) is 0 Å². The summed E-state index contributed by atoms with van der Waals surface area (Å²) < 4.78 is 0. The van der Waals surface area contributed by atoms with Gasteiger partial charge in [0.05, 0.1) is 0 Å². The van der Waals surface area contributed by atoms with Crippen LogP contribution in [0.25, 0.3) is 132 Å². The number of pyridine rings is 6. The van der Waals surface area contributed by atoms with Crippen LogP contribution >= 0.6 is 0 Å². The number of benzene rings is 12. The summed E-state index contributed by atoms with van der Waals surface area (Å²) in [5.74, 6) is 0. The summed E-state index contributed by atoms with van der Waals surface area (Å²) >= 11 is 0. The summed E-state index contributed by atoms with van der Waals surface area (Å²) in [6.45, 7) is 26.3. The van der Waals surface area contributed by atoms with Crippen LogP contribution in [0.2, 0.25) is 0 Å². The van der Waals surface area contributed by atoms with E-state index in [9.17, 15) is 0 Å². The largest absolute Gasteiger partial charge is 3.00 e. The number of hydrogen-bond donors (Lipinski definition) is 0. The standard InChI is InChI=1S/3C19H18N.3C16H12N.2Ir/c3*1-19(2,3)17-13-20-18(14-9-5-4-6-10-14)16-12-8-7-11-15(16)17;3*1-12-11-17-16(13-7-3-2-4-8-13)15-10-6-5-9-14(12)15;;/h3*4-9,11-13H,1-3H3;3*2-7,9-11H,1H3;;/q6*-1;2*+3. The average Bonchev–Trinajstić information content (AvgIpc) is 0.785. The van der Waals surface area contributed by atoms with E-state index in [0.29, 0.717) is 0 Å². The summed E-state index contributed by atoms with van der Waals surface area (Å²) in [6, 6.07) is 118. The molecular weight excluding hydrogens is 1730 g/mol. The molecule has 12 aromatic carbocycles. The molecule has 0 spiro atoms. The van der Waals surface area contributed by atoms with Gasteiger partial charge in [0.25, 0.3) is 0 Å². The van der Waals surface area contributed by atoms with Gasteiger partial charge < -0.3 is 29.9 Å². The molecule has 6 aromatic heterocycles. The fourth-order valence-corrected chi connectivity index (χ4v) is 13.9. The smallest absolute Gasteiger partial charge is 0.304 e. The van der Waals surface area contributed by atoms with Gasteiger partial charge in [-0.25, -0.2) is 0 Å². The molecule has 8 heteroatoms. The number of hydrogen-bond acceptors (Lipinski definition) is 6. The first-order chi connectivity index (χ1) is 53.8. The van der Waals surface area contributed by atoms with E-state index in [4.69, 9.17) is 15.0 Å². The molecular formula is C105H90Ir2N6. The second-order valence-corrected chi connectivity index (χ2v) is 30.6. The van der Waals surface area contributed by atoms with Crippen LogP contribution < -0.4 is 0 Å². The van der Waals surface area contributed by atoms with Crippen molar-refractivity contribution < 1.29 is 40.2 Å². The topological polar surface area (TPSA) is 77.3 Å². The van der Waals surface area contributed by atoms with Crippen LogP contribution in [0.1, 0.15) is 95.7 Å². The normalized spacial score (nSPS) is 11.0. The van der Waals surface area contributed by atoms with E-state index in [1.165, 1.54) is 98.0 Å². The molecule has 113 heavy (non-hydrogen) atoms. The van der Waals surface area contributed by atoms with E-state index in [1.807, 2.05) is 165 Å². The third-order valence-corrected chi connectivity index (χ3v) is 19.6. The van der Waals surface area contributed by atoms with E-state index in [0.717, 1.165) is 67.5 Å². The number of fused-ring (bicyclic) bond motifs is 6. The maximum atomic E-state index is 4.71. The summed E-state index contributed by atoms with van der Waals surface area (Å²) in [7, 11) is 0. The van der Waals surface area contributed by atoms with Gasteiger partial charge in [-0.15, -0.1) is 215 Å². The first kappa shape index (κ1) is 82.4. The predicted octanol–water partition coefficient (Wildman–Crippen LogP) is 27.0. The van der Waals surface area contributed by atoms with E-state index >= 15 is 0 Å². The second kappa shape index (κ2) is 37.6. The van der Waals surface area contributed by atoms with Gasteiger partial charge in [-0.2, -0.15) is 0 Å². The Morgan fingerprint density at radius 1 is 0.186 bits per heavy atom. The molecule has 0 unspecified atom stereocenters. The van der Waals surface area contributed by atoms with Crippen molar-refractivity contribution in [2.45, 2.75) is 99.3 Å². The molecule has 0 saturated carbocycles. The van der Waals surface area contributed by atoms with Crippen LogP contribution in [-0.2, 0) is 56.5 Å². The first-order valence-electron chi connectivity index (χ1n) is 37.8. The number of rotatable bonds is 6. The van der Waals surface area contributed by atoms with E-state index in [2.05, 4.69) is 298 Å². The van der Waals surface area contributed by atoms with Crippen molar-refractivity contribution in [3.05, 3.63) is 398 Å². The van der Waals surface area contributed by atoms with Crippen molar-refractivity contribution in [1.29, 1.82) is 0 Å². The molecule has 6 heterocycles. The Bertz CT molecular complexity index is 5560. The molecule has 6 nitrogen and oxygen atoms in total. The summed E-state index contributed by atoms with van der Waals surface area (Å²) in [5, 5.41) is 14.8. The molecule has 0 aliphatic heterocycles. The van der Waals surface area contributed by atoms with Gasteiger partial charge in [-0.05, 0) is 169 Å². The van der Waals surface area contributed by atoms with E-state index < -0.39 is 0 Å². The van der Waals surface area contributed by atoms with E-state index in [-0.39, 0.29) is 56.5 Å². The van der Waals surface area contributed by atoms with Crippen LogP contribution in [0.3, 0.4) is 0 Å². The first-order valence-corrected chi connectivity index (χ1v) is 37.8. The molecule has 0 atom stereocenters. The summed E-state index contributed by atoms with van der Waals surface area (Å²) in [4.78, 5) is 27.8. The van der Waals surface area contributed by atoms with Crippen LogP contribution in [0, 0.1) is 57.2 Å². The van der Waals surface area contributed by atoms with Crippen molar-refractivity contribution >= 4 is 64.6 Å². The Morgan fingerprint density at radius 2 is 0.336 bits per heavy atom. The maximum Gasteiger partial charge on any atom is 3.00 e. The Morgan fingerprint density at radius 3 is 0.504 bits per heavy atom. The Hall–Kier alpha value is -11.6. The minimum atomic E-state index is 0. The maximum absolute atomic E-state index is 4.71. The minimum absolute atomic E-state index is 0. The zero-order chi connectivity index (χ0) is 77.5. The van der Waals surface area contributed by atoms with Crippen molar-refractivity contribution in [1.82, 2.24) is 29.9 Å². The average molecular weight is 1820 g/mol. The zero-order valence-corrected chi connectivity index (χ0v) is 70.8. The third-order valence-electron chi connectivity index (χ3n) is 19.6. The minimum Gasteiger partial charge on any atom is -0.304 e. The van der Waals surface area contributed by atoms with Gasteiger partial charge in [-0.3, -0.25) is 0 Å². The molecule has 558 valence electrons. The second-order valence-electron chi connectivity index (χ2n) is 30.6. The molecule has 18 rings (SSSR count). The molecule has 0 bridgehead atoms. The third kappa shape index (κ3) is 19.7. The van der Waals surface area contributed by atoms with Crippen LogP contribution in [-0.4, -0.2) is 29.9 Å². The SMILES string of the molecule is CC(C)(C)c1cnc(-c2[c-]cccc2)c2ccccc12.CC(C)(C)c1cnc(-c2[c-]cccc2)c2ccccc12.CC(C)(C)c1cnc(-c2[c-]cccc2)c2ccccc12.Cc1cnc(-c2[c-]cccc2)c2ccccc12.Cc1cnc(-c2[c-]cccc2)c2ccccc12.Cc1cnc(-c2[c-]cccc2)c2ccccc12.[Ir+3].[Ir+3]. The molecule has 0 amide bonds. The van der Waals surface area contributed by atoms with Gasteiger partial charge >= 0.3 is 40.2 Å². The van der Waals surface area contributed by atoms with Crippen molar-refractivity contribution in [2.24, 2.45) is 0 Å². The number of nitrogens with zero attached hydrogens (tertiary/aromatic N) is 6. The number of aryl methyl sites for hydroxylation is 3. The molecule has 0 aliphatic carbocycles. The van der Waals surface area contributed by atoms with Crippen molar-refractivity contribution in [3.63, 3.8) is 0 Å². The Kier molecular flexibility index (Phi) is 27.4. The molecule has 0 saturated heterocycles. The number of aromatic nitrogens is 6. The van der Waals surface area contributed by atoms with Gasteiger partial charge in [-0.1, -0.05) is 208 Å². The van der Waals surface area contributed by atoms with Crippen LogP contribution in [0.15, 0.2) is 328 Å².